The Balaban J connectivity index is 0.00000280. The van der Waals surface area contributed by atoms with Gasteiger partial charge in [-0.05, 0) is 6.07 Å². The molecule has 154 valence electrons. The molecule has 2 heterocycles. The van der Waals surface area contributed by atoms with Crippen molar-refractivity contribution in [1.82, 2.24) is 15.4 Å². The number of halogens is 1. The van der Waals surface area contributed by atoms with Crippen molar-refractivity contribution in [1.29, 1.82) is 0 Å². The normalized spacial score (nSPS) is 17.6. The van der Waals surface area contributed by atoms with E-state index in [9.17, 15) is 4.79 Å². The number of aromatic nitrogens is 1. The summed E-state index contributed by atoms with van der Waals surface area (Å²) in [6, 6.07) is 9.80. The molecule has 8 heteroatoms. The van der Waals surface area contributed by atoms with Gasteiger partial charge in [0.1, 0.15) is 5.75 Å². The van der Waals surface area contributed by atoms with Crippen molar-refractivity contribution in [2.45, 2.75) is 32.2 Å². The highest BCUT2D eigenvalue weighted by atomic mass is 35.5. The number of anilines is 1. The number of amides is 1. The Morgan fingerprint density at radius 3 is 2.82 bits per heavy atom. The smallest absolute Gasteiger partial charge is 0.240 e. The minimum absolute atomic E-state index is 0. The molecule has 0 radical (unpaired) electrons. The van der Waals surface area contributed by atoms with E-state index in [0.717, 1.165) is 36.6 Å². The van der Waals surface area contributed by atoms with Gasteiger partial charge in [0.25, 0.3) is 0 Å². The van der Waals surface area contributed by atoms with Crippen LogP contribution in [0.5, 0.6) is 5.75 Å². The molecule has 0 saturated carbocycles. The zero-order valence-corrected chi connectivity index (χ0v) is 17.6. The van der Waals surface area contributed by atoms with Gasteiger partial charge in [0.2, 0.25) is 11.8 Å². The first kappa shape index (κ1) is 22.2. The van der Waals surface area contributed by atoms with Crippen LogP contribution in [0.2, 0.25) is 0 Å². The number of piperazine rings is 1. The summed E-state index contributed by atoms with van der Waals surface area (Å²) in [6.07, 6.45) is 0. The first-order valence-electron chi connectivity index (χ1n) is 9.23. The number of nitrogens with one attached hydrogen (secondary N) is 2. The summed E-state index contributed by atoms with van der Waals surface area (Å²) < 4.78 is 10.8. The van der Waals surface area contributed by atoms with Crippen LogP contribution in [0.25, 0.3) is 0 Å². The first-order chi connectivity index (χ1) is 12.9. The maximum Gasteiger partial charge on any atom is 0.240 e. The van der Waals surface area contributed by atoms with Crippen LogP contribution in [0.15, 0.2) is 34.9 Å². The second-order valence-electron chi connectivity index (χ2n) is 7.81. The zero-order chi connectivity index (χ0) is 19.4. The molecule has 3 rings (SSSR count). The van der Waals surface area contributed by atoms with Gasteiger partial charge in [0.15, 0.2) is 0 Å². The summed E-state index contributed by atoms with van der Waals surface area (Å²) in [7, 11) is 1.67. The van der Waals surface area contributed by atoms with Gasteiger partial charge in [-0.3, -0.25) is 15.0 Å². The van der Waals surface area contributed by atoms with Crippen LogP contribution in [-0.4, -0.2) is 49.3 Å². The molecule has 1 aliphatic heterocycles. The molecule has 1 aliphatic rings. The Kier molecular flexibility index (Phi) is 7.46. The van der Waals surface area contributed by atoms with Crippen molar-refractivity contribution in [3.05, 3.63) is 41.6 Å². The molecule has 1 fully saturated rings. The topological polar surface area (TPSA) is 79.6 Å². The van der Waals surface area contributed by atoms with Crippen molar-refractivity contribution in [2.24, 2.45) is 0 Å². The lowest BCUT2D eigenvalue weighted by Gasteiger charge is -2.36. The number of carbonyl (C=O) groups is 1. The molecular weight excluding hydrogens is 380 g/mol. The van der Waals surface area contributed by atoms with E-state index in [1.54, 1.807) is 13.2 Å². The fourth-order valence-electron chi connectivity index (χ4n) is 3.23. The monoisotopic (exact) mass is 408 g/mol. The molecule has 1 atom stereocenters. The Bertz CT molecular complexity index is 788. The highest BCUT2D eigenvalue weighted by Crippen LogP contribution is 2.30. The zero-order valence-electron chi connectivity index (χ0n) is 16.8. The van der Waals surface area contributed by atoms with Crippen molar-refractivity contribution in [3.63, 3.8) is 0 Å². The SMILES string of the molecule is COc1ccccc1C1CNCCN1CC(=O)Nc1cc(C(C)(C)C)no1.Cl. The van der Waals surface area contributed by atoms with E-state index in [2.05, 4.69) is 41.5 Å². The molecule has 2 aromatic rings. The number of ether oxygens (including phenoxy) is 1. The van der Waals surface area contributed by atoms with E-state index in [4.69, 9.17) is 9.26 Å². The number of hydrogen-bond acceptors (Lipinski definition) is 6. The van der Waals surface area contributed by atoms with E-state index in [1.807, 2.05) is 24.3 Å². The summed E-state index contributed by atoms with van der Waals surface area (Å²) >= 11 is 0. The van der Waals surface area contributed by atoms with Gasteiger partial charge >= 0.3 is 0 Å². The van der Waals surface area contributed by atoms with Gasteiger partial charge in [-0.2, -0.15) is 0 Å². The summed E-state index contributed by atoms with van der Waals surface area (Å²) in [6.45, 7) is 8.81. The minimum atomic E-state index is -0.125. The van der Waals surface area contributed by atoms with Gasteiger partial charge in [0, 0.05) is 36.7 Å². The van der Waals surface area contributed by atoms with Crippen molar-refractivity contribution in [3.8, 4) is 5.75 Å². The predicted molar refractivity (Wildman–Crippen MR) is 111 cm³/mol. The molecule has 1 amide bonds. The molecule has 1 saturated heterocycles. The summed E-state index contributed by atoms with van der Waals surface area (Å²) in [4.78, 5) is 14.7. The lowest BCUT2D eigenvalue weighted by molar-refractivity contribution is -0.118. The standard InChI is InChI=1S/C20H28N4O3.ClH/c1-20(2,3)17-11-19(27-23-17)22-18(25)13-24-10-9-21-12-15(24)14-7-5-6-8-16(14)26-4;/h5-8,11,15,21H,9-10,12-13H2,1-4H3,(H,22,25);1H. The fourth-order valence-corrected chi connectivity index (χ4v) is 3.23. The Morgan fingerprint density at radius 2 is 2.14 bits per heavy atom. The number of nitrogens with zero attached hydrogens (tertiary/aromatic N) is 2. The molecule has 1 aromatic heterocycles. The van der Waals surface area contributed by atoms with Gasteiger partial charge < -0.3 is 14.6 Å². The number of hydrogen-bond donors (Lipinski definition) is 2. The van der Waals surface area contributed by atoms with E-state index >= 15 is 0 Å². The van der Waals surface area contributed by atoms with Crippen molar-refractivity contribution in [2.75, 3.05) is 38.6 Å². The maximum absolute atomic E-state index is 12.6. The Hall–Kier alpha value is -2.09. The van der Waals surface area contributed by atoms with Crippen molar-refractivity contribution < 1.29 is 14.1 Å². The number of benzene rings is 1. The number of rotatable bonds is 5. The molecule has 7 nitrogen and oxygen atoms in total. The van der Waals surface area contributed by atoms with Crippen LogP contribution in [0.1, 0.15) is 38.1 Å². The van der Waals surface area contributed by atoms with Crippen LogP contribution >= 0.6 is 12.4 Å². The number of para-hydroxylation sites is 1. The van der Waals surface area contributed by atoms with Gasteiger partial charge in [-0.1, -0.05) is 44.1 Å². The third-order valence-electron chi connectivity index (χ3n) is 4.74. The van der Waals surface area contributed by atoms with E-state index in [1.165, 1.54) is 0 Å². The highest BCUT2D eigenvalue weighted by molar-refractivity contribution is 5.91. The van der Waals surface area contributed by atoms with Gasteiger partial charge in [-0.15, -0.1) is 12.4 Å². The lowest BCUT2D eigenvalue weighted by Crippen LogP contribution is -2.48. The number of carbonyl (C=O) groups excluding carboxylic acids is 1. The van der Waals surface area contributed by atoms with E-state index in [-0.39, 0.29) is 36.3 Å². The quantitative estimate of drug-likeness (QED) is 0.791. The lowest BCUT2D eigenvalue weighted by atomic mass is 9.92. The van der Waals surface area contributed by atoms with Crippen LogP contribution in [0, 0.1) is 0 Å². The molecule has 0 spiro atoms. The molecule has 0 aliphatic carbocycles. The van der Waals surface area contributed by atoms with Gasteiger partial charge in [0.05, 0.1) is 25.4 Å². The maximum atomic E-state index is 12.6. The summed E-state index contributed by atoms with van der Waals surface area (Å²) in [5, 5.41) is 10.3. The Labute approximate surface area is 172 Å². The second kappa shape index (κ2) is 9.41. The highest BCUT2D eigenvalue weighted by Gasteiger charge is 2.28. The van der Waals surface area contributed by atoms with Crippen LogP contribution in [0.3, 0.4) is 0 Å². The van der Waals surface area contributed by atoms with Gasteiger partial charge in [-0.25, -0.2) is 0 Å². The third kappa shape index (κ3) is 5.25. The average Bonchev–Trinajstić information content (AvgIpc) is 3.11. The van der Waals surface area contributed by atoms with Crippen LogP contribution in [0.4, 0.5) is 5.88 Å². The average molecular weight is 409 g/mol. The fraction of sp³-hybridized carbons (Fsp3) is 0.500. The van der Waals surface area contributed by atoms with E-state index in [0.29, 0.717) is 5.88 Å². The number of methoxy groups -OCH3 is 1. The molecule has 2 N–H and O–H groups in total. The summed E-state index contributed by atoms with van der Waals surface area (Å²) in [5.74, 6) is 1.10. The molecule has 1 aromatic carbocycles. The molecule has 1 unspecified atom stereocenters. The molecular formula is C20H29ClN4O3. The second-order valence-corrected chi connectivity index (χ2v) is 7.81. The largest absolute Gasteiger partial charge is 0.496 e. The summed E-state index contributed by atoms with van der Waals surface area (Å²) in [5.41, 5.74) is 1.77. The van der Waals surface area contributed by atoms with Crippen LogP contribution < -0.4 is 15.4 Å². The predicted octanol–water partition coefficient (Wildman–Crippen LogP) is 2.99. The van der Waals surface area contributed by atoms with Crippen LogP contribution in [-0.2, 0) is 10.2 Å². The Morgan fingerprint density at radius 1 is 1.39 bits per heavy atom. The molecule has 28 heavy (non-hydrogen) atoms. The minimum Gasteiger partial charge on any atom is -0.496 e. The first-order valence-corrected chi connectivity index (χ1v) is 9.23. The van der Waals surface area contributed by atoms with E-state index < -0.39 is 0 Å². The van der Waals surface area contributed by atoms with Crippen molar-refractivity contribution >= 4 is 24.2 Å². The molecule has 0 bridgehead atoms. The third-order valence-corrected chi connectivity index (χ3v) is 4.74.